The number of carbonyl (C=O) groups is 2. The van der Waals surface area contributed by atoms with E-state index in [1.165, 1.54) is 0 Å². The predicted molar refractivity (Wildman–Crippen MR) is 79.7 cm³/mol. The summed E-state index contributed by atoms with van der Waals surface area (Å²) in [5.41, 5.74) is 1.90. The largest absolute Gasteiger partial charge is 0.450 e. The number of Topliss-reactive ketones (excluding diaryl/α,β-unsaturated/α-hetero) is 1. The average Bonchev–Trinajstić information content (AvgIpc) is 2.52. The Balaban J connectivity index is 1.84. The van der Waals surface area contributed by atoms with Crippen molar-refractivity contribution in [1.29, 1.82) is 0 Å². The molecule has 0 radical (unpaired) electrons. The van der Waals surface area contributed by atoms with Gasteiger partial charge < -0.3 is 4.74 Å². The summed E-state index contributed by atoms with van der Waals surface area (Å²) in [4.78, 5) is 26.1. The van der Waals surface area contributed by atoms with Gasteiger partial charge in [-0.3, -0.25) is 9.69 Å². The Morgan fingerprint density at radius 2 is 2.10 bits per heavy atom. The number of benzene rings is 1. The Labute approximate surface area is 124 Å². The summed E-state index contributed by atoms with van der Waals surface area (Å²) in [6, 6.07) is 9.52. The van der Waals surface area contributed by atoms with Crippen LogP contribution in [0.1, 0.15) is 25.3 Å². The summed E-state index contributed by atoms with van der Waals surface area (Å²) in [5, 5.41) is 0. The highest BCUT2D eigenvalue weighted by Gasteiger charge is 2.45. The quantitative estimate of drug-likeness (QED) is 0.785. The van der Waals surface area contributed by atoms with Gasteiger partial charge in [0.2, 0.25) is 0 Å². The first-order valence-electron chi connectivity index (χ1n) is 7.45. The fourth-order valence-corrected chi connectivity index (χ4v) is 3.22. The maximum absolute atomic E-state index is 12.6. The molecule has 1 aromatic carbocycles. The van der Waals surface area contributed by atoms with Crippen molar-refractivity contribution in [3.63, 3.8) is 0 Å². The summed E-state index contributed by atoms with van der Waals surface area (Å²) < 4.78 is 5.05. The number of fused-ring (bicyclic) bond motifs is 3. The lowest BCUT2D eigenvalue weighted by Crippen LogP contribution is -2.57. The number of hydrogen-bond donors (Lipinski definition) is 0. The molecular formula is C17H19NO3. The highest BCUT2D eigenvalue weighted by molar-refractivity contribution is 6.06. The molecular weight excluding hydrogens is 266 g/mol. The van der Waals surface area contributed by atoms with Gasteiger partial charge in [0.1, 0.15) is 0 Å². The van der Waals surface area contributed by atoms with Crippen LogP contribution in [-0.4, -0.2) is 36.0 Å². The lowest BCUT2D eigenvalue weighted by molar-refractivity contribution is -0.125. The van der Waals surface area contributed by atoms with Crippen LogP contribution in [0, 0.1) is 5.92 Å². The number of ether oxygens (including phenoxy) is 1. The van der Waals surface area contributed by atoms with Gasteiger partial charge in [-0.25, -0.2) is 4.79 Å². The normalized spacial score (nSPS) is 26.2. The van der Waals surface area contributed by atoms with Crippen molar-refractivity contribution in [3.8, 4) is 0 Å². The molecule has 2 unspecified atom stereocenters. The molecule has 2 atom stereocenters. The number of rotatable bonds is 2. The number of carbonyl (C=O) groups excluding carboxylic acids is 2. The maximum atomic E-state index is 12.6. The van der Waals surface area contributed by atoms with E-state index in [-0.39, 0.29) is 23.8 Å². The van der Waals surface area contributed by atoms with Crippen LogP contribution in [0.15, 0.2) is 35.9 Å². The number of amides is 1. The predicted octanol–water partition coefficient (Wildman–Crippen LogP) is 2.89. The fraction of sp³-hybridized carbons (Fsp3) is 0.412. The second-order valence-electron chi connectivity index (χ2n) is 5.52. The maximum Gasteiger partial charge on any atom is 0.410 e. The number of nitrogens with zero attached hydrogens (tertiary/aromatic N) is 1. The Bertz CT molecular complexity index is 579. The second-order valence-corrected chi connectivity index (χ2v) is 5.52. The van der Waals surface area contributed by atoms with Gasteiger partial charge >= 0.3 is 6.09 Å². The van der Waals surface area contributed by atoms with Crippen LogP contribution in [0.2, 0.25) is 0 Å². The van der Waals surface area contributed by atoms with E-state index in [0.29, 0.717) is 13.2 Å². The van der Waals surface area contributed by atoms with Crippen molar-refractivity contribution >= 4 is 18.0 Å². The van der Waals surface area contributed by atoms with Crippen molar-refractivity contribution in [3.05, 3.63) is 41.5 Å². The molecule has 2 aliphatic heterocycles. The third-order valence-corrected chi connectivity index (χ3v) is 4.23. The first-order valence-corrected chi connectivity index (χ1v) is 7.45. The summed E-state index contributed by atoms with van der Waals surface area (Å²) in [6.45, 7) is 2.71. The first-order chi connectivity index (χ1) is 10.2. The Morgan fingerprint density at radius 1 is 1.33 bits per heavy atom. The summed E-state index contributed by atoms with van der Waals surface area (Å²) in [6.07, 6.45) is 3.32. The summed E-state index contributed by atoms with van der Waals surface area (Å²) >= 11 is 0. The van der Waals surface area contributed by atoms with Crippen molar-refractivity contribution < 1.29 is 14.3 Å². The standard InChI is InChI=1S/C17H19NO3/c1-2-21-17(20)18-11-13-8-9-15(18)16(19)14(13)10-12-6-4-3-5-7-12/h3-7,10,13,15H,2,8-9,11H2,1H3/b14-10-. The molecule has 2 bridgehead atoms. The van der Waals surface area contributed by atoms with E-state index < -0.39 is 0 Å². The average molecular weight is 285 g/mol. The summed E-state index contributed by atoms with van der Waals surface area (Å²) in [7, 11) is 0. The molecule has 0 N–H and O–H groups in total. The van der Waals surface area contributed by atoms with Crippen LogP contribution in [-0.2, 0) is 9.53 Å². The summed E-state index contributed by atoms with van der Waals surface area (Å²) in [5.74, 6) is 0.210. The van der Waals surface area contributed by atoms with Gasteiger partial charge in [0.25, 0.3) is 0 Å². The Morgan fingerprint density at radius 3 is 2.76 bits per heavy atom. The Hall–Kier alpha value is -2.10. The minimum Gasteiger partial charge on any atom is -0.450 e. The van der Waals surface area contributed by atoms with Crippen molar-refractivity contribution in [2.45, 2.75) is 25.8 Å². The van der Waals surface area contributed by atoms with Gasteiger partial charge in [0.15, 0.2) is 5.78 Å². The van der Waals surface area contributed by atoms with E-state index in [4.69, 9.17) is 4.74 Å². The topological polar surface area (TPSA) is 46.6 Å². The molecule has 0 spiro atoms. The van der Waals surface area contributed by atoms with Crippen LogP contribution in [0.3, 0.4) is 0 Å². The van der Waals surface area contributed by atoms with E-state index in [2.05, 4.69) is 0 Å². The minimum atomic E-state index is -0.362. The number of ketones is 1. The first kappa shape index (κ1) is 13.9. The number of hydrogen-bond acceptors (Lipinski definition) is 3. The molecule has 2 saturated heterocycles. The van der Waals surface area contributed by atoms with Crippen molar-refractivity contribution in [2.75, 3.05) is 13.2 Å². The van der Waals surface area contributed by atoms with Gasteiger partial charge in [0, 0.05) is 18.0 Å². The van der Waals surface area contributed by atoms with Crippen LogP contribution in [0.5, 0.6) is 0 Å². The minimum absolute atomic E-state index is 0.0782. The number of piperidine rings is 2. The van der Waals surface area contributed by atoms with Crippen LogP contribution < -0.4 is 0 Å². The lowest BCUT2D eigenvalue weighted by Gasteiger charge is -2.44. The molecule has 1 aromatic rings. The van der Waals surface area contributed by atoms with Gasteiger partial charge in [0.05, 0.1) is 12.6 Å². The van der Waals surface area contributed by atoms with Crippen LogP contribution >= 0.6 is 0 Å². The molecule has 110 valence electrons. The zero-order valence-corrected chi connectivity index (χ0v) is 12.1. The van der Waals surface area contributed by atoms with E-state index in [0.717, 1.165) is 24.0 Å². The second kappa shape index (κ2) is 5.72. The molecule has 4 heteroatoms. The van der Waals surface area contributed by atoms with Gasteiger partial charge in [-0.15, -0.1) is 0 Å². The molecule has 2 heterocycles. The van der Waals surface area contributed by atoms with Crippen molar-refractivity contribution in [2.24, 2.45) is 5.92 Å². The van der Waals surface area contributed by atoms with E-state index in [1.54, 1.807) is 11.8 Å². The van der Waals surface area contributed by atoms with Gasteiger partial charge in [-0.05, 0) is 31.4 Å². The molecule has 0 aromatic heterocycles. The van der Waals surface area contributed by atoms with Gasteiger partial charge in [-0.2, -0.15) is 0 Å². The fourth-order valence-electron chi connectivity index (χ4n) is 3.22. The molecule has 4 rings (SSSR count). The van der Waals surface area contributed by atoms with Crippen molar-refractivity contribution in [1.82, 2.24) is 4.90 Å². The zero-order chi connectivity index (χ0) is 14.8. The molecule has 1 amide bonds. The molecule has 21 heavy (non-hydrogen) atoms. The smallest absolute Gasteiger partial charge is 0.410 e. The van der Waals surface area contributed by atoms with E-state index in [9.17, 15) is 9.59 Å². The van der Waals surface area contributed by atoms with E-state index >= 15 is 0 Å². The Kier molecular flexibility index (Phi) is 3.78. The monoisotopic (exact) mass is 285 g/mol. The molecule has 4 nitrogen and oxygen atoms in total. The van der Waals surface area contributed by atoms with Crippen LogP contribution in [0.4, 0.5) is 4.79 Å². The van der Waals surface area contributed by atoms with Crippen LogP contribution in [0.25, 0.3) is 6.08 Å². The molecule has 3 aliphatic rings. The van der Waals surface area contributed by atoms with Gasteiger partial charge in [-0.1, -0.05) is 30.3 Å². The zero-order valence-electron chi connectivity index (χ0n) is 12.1. The SMILES string of the molecule is CCOC(=O)N1CC2CCC1C(=O)/C2=C\c1ccccc1. The molecule has 3 fully saturated rings. The lowest BCUT2D eigenvalue weighted by atomic mass is 9.74. The van der Waals surface area contributed by atoms with E-state index in [1.807, 2.05) is 36.4 Å². The third-order valence-electron chi connectivity index (χ3n) is 4.23. The molecule has 1 saturated carbocycles. The highest BCUT2D eigenvalue weighted by atomic mass is 16.6. The third kappa shape index (κ3) is 2.58. The highest BCUT2D eigenvalue weighted by Crippen LogP contribution is 2.37. The molecule has 1 aliphatic carbocycles.